The monoisotopic (exact) mass is 653 g/mol. The van der Waals surface area contributed by atoms with Gasteiger partial charge in [-0.1, -0.05) is 54.6 Å². The van der Waals surface area contributed by atoms with Crippen LogP contribution in [0.3, 0.4) is 0 Å². The van der Waals surface area contributed by atoms with Gasteiger partial charge in [-0.15, -0.1) is 0 Å². The molecule has 1 aromatic heterocycles. The molecule has 46 heavy (non-hydrogen) atoms. The van der Waals surface area contributed by atoms with Gasteiger partial charge in [-0.25, -0.2) is 4.79 Å². The highest BCUT2D eigenvalue weighted by Gasteiger charge is 2.69. The maximum atomic E-state index is 14.9. The summed E-state index contributed by atoms with van der Waals surface area (Å²) in [4.78, 5) is 28.6. The van der Waals surface area contributed by atoms with Gasteiger partial charge in [-0.3, -0.25) is 13.7 Å². The highest BCUT2D eigenvalue weighted by Crippen LogP contribution is 2.67. The molecule has 1 unspecified atom stereocenters. The quantitative estimate of drug-likeness (QED) is 0.130. The third kappa shape index (κ3) is 5.71. The Labute approximate surface area is 265 Å². The van der Waals surface area contributed by atoms with Crippen LogP contribution in [0.5, 0.6) is 11.5 Å². The average Bonchev–Trinajstić information content (AvgIpc) is 3.36. The molecule has 1 fully saturated rings. The Balaban J connectivity index is 1.74. The minimum Gasteiger partial charge on any atom is -0.497 e. The second-order valence-electron chi connectivity index (χ2n) is 10.5. The second kappa shape index (κ2) is 13.3. The zero-order valence-corrected chi connectivity index (χ0v) is 26.3. The smallest absolute Gasteiger partial charge is 0.366 e. The van der Waals surface area contributed by atoms with Gasteiger partial charge >= 0.3 is 13.3 Å². The molecule has 1 aliphatic heterocycles. The van der Waals surface area contributed by atoms with Gasteiger partial charge in [-0.05, 0) is 53.9 Å². The van der Waals surface area contributed by atoms with Crippen LogP contribution in [0, 0.1) is 0 Å². The summed E-state index contributed by atoms with van der Waals surface area (Å²) in [5.74, 6) is 0.985. The van der Waals surface area contributed by atoms with Gasteiger partial charge in [0.05, 0.1) is 20.8 Å². The van der Waals surface area contributed by atoms with Crippen LogP contribution in [0.25, 0.3) is 0 Å². The average molecular weight is 654 g/mol. The van der Waals surface area contributed by atoms with E-state index >= 15 is 0 Å². The maximum absolute atomic E-state index is 14.9. The Bertz CT molecular complexity index is 1690. The molecule has 0 bridgehead atoms. The lowest BCUT2D eigenvalue weighted by atomic mass is 9.80. The molecule has 0 aliphatic carbocycles. The summed E-state index contributed by atoms with van der Waals surface area (Å²) in [5, 5.41) is 19.9. The van der Waals surface area contributed by atoms with Gasteiger partial charge < -0.3 is 39.8 Å². The molecule has 1 aliphatic rings. The Morgan fingerprint density at radius 3 is 1.98 bits per heavy atom. The molecule has 0 amide bonds. The normalized spacial score (nSPS) is 22.7. The third-order valence-corrected chi connectivity index (χ3v) is 9.95. The summed E-state index contributed by atoms with van der Waals surface area (Å²) < 4.78 is 44.8. The van der Waals surface area contributed by atoms with E-state index in [4.69, 9.17) is 29.2 Å². The van der Waals surface area contributed by atoms with Crippen molar-refractivity contribution >= 4 is 13.4 Å². The van der Waals surface area contributed by atoms with Crippen molar-refractivity contribution in [2.75, 3.05) is 33.2 Å². The van der Waals surface area contributed by atoms with Crippen LogP contribution in [-0.4, -0.2) is 69.6 Å². The lowest BCUT2D eigenvalue weighted by Crippen LogP contribution is -2.52. The fourth-order valence-corrected chi connectivity index (χ4v) is 7.57. The second-order valence-corrected chi connectivity index (χ2v) is 12.5. The zero-order chi connectivity index (χ0) is 33.1. The van der Waals surface area contributed by atoms with E-state index in [-0.39, 0.29) is 12.4 Å². The molecule has 0 spiro atoms. The van der Waals surface area contributed by atoms with Crippen molar-refractivity contribution in [2.45, 2.75) is 36.3 Å². The molecule has 1 saturated heterocycles. The van der Waals surface area contributed by atoms with Crippen LogP contribution in [0.1, 0.15) is 29.8 Å². The number of aliphatic hydroxyl groups excluding tert-OH is 1. The number of hydrogen-bond acceptors (Lipinski definition) is 11. The number of rotatable bonds is 12. The maximum Gasteiger partial charge on any atom is 0.366 e. The van der Waals surface area contributed by atoms with Crippen molar-refractivity contribution in [1.82, 2.24) is 9.55 Å². The number of methoxy groups -OCH3 is 2. The number of anilines is 1. The molecule has 5 atom stereocenters. The topological polar surface area (TPSA) is 185 Å². The summed E-state index contributed by atoms with van der Waals surface area (Å²) in [5.41, 5.74) is 4.21. The van der Waals surface area contributed by atoms with E-state index in [9.17, 15) is 24.5 Å². The number of ether oxygens (including phenoxy) is 4. The first-order valence-corrected chi connectivity index (χ1v) is 16.0. The molecule has 0 radical (unpaired) electrons. The molecule has 0 saturated carbocycles. The van der Waals surface area contributed by atoms with E-state index in [1.165, 1.54) is 26.5 Å². The van der Waals surface area contributed by atoms with Crippen LogP contribution >= 0.6 is 7.60 Å². The molecule has 3 aromatic carbocycles. The molecule has 244 valence electrons. The van der Waals surface area contributed by atoms with Gasteiger partial charge in [-0.2, -0.15) is 4.98 Å². The molecular weight excluding hydrogens is 617 g/mol. The number of hydrogen-bond donors (Lipinski definition) is 4. The first-order chi connectivity index (χ1) is 22.0. The molecular formula is C32H36N3O10P. The number of aliphatic hydroxyl groups is 2. The molecule has 13 nitrogen and oxygen atoms in total. The zero-order valence-electron chi connectivity index (χ0n) is 25.4. The standard InChI is InChI=1S/C32H36N3O10P/c1-4-43-28-29(35-19-18-27(33)34-30(35)37)44-26(20-36)32(28,38)46(39,40)45-31(21-8-6-5-7-9-21,22-10-14-24(41-2)15-11-22)23-12-16-25(42-3)17-13-23/h5-19,26,28-29,36,38H,4,20H2,1-3H3,(H,39,40)(H2,33,34,37)/t26-,28+,29-,32+/m1/s1. The van der Waals surface area contributed by atoms with Gasteiger partial charge in [0, 0.05) is 12.8 Å². The number of nitrogen functional groups attached to an aromatic ring is 1. The number of benzene rings is 3. The highest BCUT2D eigenvalue weighted by molar-refractivity contribution is 7.54. The van der Waals surface area contributed by atoms with E-state index < -0.39 is 49.3 Å². The summed E-state index contributed by atoms with van der Waals surface area (Å²) >= 11 is 0. The minimum atomic E-state index is -5.43. The van der Waals surface area contributed by atoms with Gasteiger partial charge in [0.15, 0.2) is 11.8 Å². The summed E-state index contributed by atoms with van der Waals surface area (Å²) in [6.07, 6.45) is -3.66. The number of nitrogens with zero attached hydrogens (tertiary/aromatic N) is 2. The van der Waals surface area contributed by atoms with Crippen LogP contribution < -0.4 is 20.9 Å². The van der Waals surface area contributed by atoms with Crippen LogP contribution in [-0.2, 0) is 24.2 Å². The largest absolute Gasteiger partial charge is 0.497 e. The fourth-order valence-electron chi connectivity index (χ4n) is 5.71. The molecule has 2 heterocycles. The van der Waals surface area contributed by atoms with Crippen LogP contribution in [0.15, 0.2) is 95.9 Å². The SMILES string of the molecule is CCO[C@H]1[C@H](n2ccc(N)nc2=O)O[C@H](CO)[C@]1(O)P(=O)(O)OC(c1ccccc1)(c1ccc(OC)cc1)c1ccc(OC)cc1. The Morgan fingerprint density at radius 2 is 1.50 bits per heavy atom. The van der Waals surface area contributed by atoms with E-state index in [0.717, 1.165) is 4.57 Å². The van der Waals surface area contributed by atoms with Crippen molar-refractivity contribution in [1.29, 1.82) is 0 Å². The van der Waals surface area contributed by atoms with Gasteiger partial charge in [0.25, 0.3) is 0 Å². The molecule has 14 heteroatoms. The predicted molar refractivity (Wildman–Crippen MR) is 167 cm³/mol. The van der Waals surface area contributed by atoms with Gasteiger partial charge in [0.1, 0.15) is 29.5 Å². The summed E-state index contributed by atoms with van der Waals surface area (Å²) in [6, 6.07) is 23.4. The molecule has 5 rings (SSSR count). The van der Waals surface area contributed by atoms with E-state index in [1.54, 1.807) is 85.8 Å². The van der Waals surface area contributed by atoms with E-state index in [1.807, 2.05) is 0 Å². The Morgan fingerprint density at radius 1 is 0.957 bits per heavy atom. The third-order valence-electron chi connectivity index (χ3n) is 7.98. The highest BCUT2D eigenvalue weighted by atomic mass is 31.2. The van der Waals surface area contributed by atoms with Crippen molar-refractivity contribution in [3.63, 3.8) is 0 Å². The predicted octanol–water partition coefficient (Wildman–Crippen LogP) is 3.02. The van der Waals surface area contributed by atoms with Crippen molar-refractivity contribution in [3.8, 4) is 11.5 Å². The van der Waals surface area contributed by atoms with Crippen molar-refractivity contribution < 1.29 is 43.1 Å². The Hall–Kier alpha value is -4.07. The lowest BCUT2D eigenvalue weighted by molar-refractivity contribution is -0.0818. The molecule has 5 N–H and O–H groups in total. The first-order valence-electron chi connectivity index (χ1n) is 14.4. The Kier molecular flexibility index (Phi) is 9.66. The summed E-state index contributed by atoms with van der Waals surface area (Å²) in [7, 11) is -2.40. The van der Waals surface area contributed by atoms with Crippen molar-refractivity contribution in [3.05, 3.63) is 118 Å². The summed E-state index contributed by atoms with van der Waals surface area (Å²) in [6.45, 7) is 0.605. The van der Waals surface area contributed by atoms with E-state index in [2.05, 4.69) is 4.98 Å². The first kappa shape index (κ1) is 33.3. The molecule has 4 aromatic rings. The van der Waals surface area contributed by atoms with Gasteiger partial charge in [0.2, 0.25) is 5.34 Å². The minimum absolute atomic E-state index is 0.0658. The van der Waals surface area contributed by atoms with Crippen LogP contribution in [0.2, 0.25) is 0 Å². The lowest BCUT2D eigenvalue weighted by Gasteiger charge is -2.42. The van der Waals surface area contributed by atoms with E-state index in [0.29, 0.717) is 28.2 Å². The number of aromatic nitrogens is 2. The fraction of sp³-hybridized carbons (Fsp3) is 0.312. The van der Waals surface area contributed by atoms with Crippen LogP contribution in [0.4, 0.5) is 5.82 Å². The number of nitrogens with two attached hydrogens (primary N) is 1. The van der Waals surface area contributed by atoms with Crippen molar-refractivity contribution in [2.24, 2.45) is 0 Å².